The van der Waals surface area contributed by atoms with Gasteiger partial charge in [0.05, 0.1) is 9.95 Å². The predicted octanol–water partition coefficient (Wildman–Crippen LogP) is 3.67. The van der Waals surface area contributed by atoms with E-state index in [2.05, 4.69) is 0 Å². The van der Waals surface area contributed by atoms with Crippen molar-refractivity contribution in [1.29, 1.82) is 0 Å². The minimum Gasteiger partial charge on any atom is -0.293 e. The van der Waals surface area contributed by atoms with Crippen LogP contribution in [0, 0.1) is 10.1 Å². The second kappa shape index (κ2) is 5.63. The van der Waals surface area contributed by atoms with E-state index in [1.807, 2.05) is 18.2 Å². The Morgan fingerprint density at radius 3 is 2.42 bits per heavy atom. The topological polar surface area (TPSA) is 60.2 Å². The lowest BCUT2D eigenvalue weighted by atomic mass is 10.0. The number of carbonyl (C=O) groups is 1. The van der Waals surface area contributed by atoms with Gasteiger partial charge in [0.2, 0.25) is 0 Å². The van der Waals surface area contributed by atoms with Crippen LogP contribution in [0.15, 0.2) is 48.5 Å². The molecular formula is C14H10ClNO3. The summed E-state index contributed by atoms with van der Waals surface area (Å²) < 4.78 is 0. The van der Waals surface area contributed by atoms with E-state index in [0.29, 0.717) is 0 Å². The van der Waals surface area contributed by atoms with Crippen LogP contribution in [0.5, 0.6) is 0 Å². The number of rotatable bonds is 4. The highest BCUT2D eigenvalue weighted by Crippen LogP contribution is 2.27. The molecule has 0 heterocycles. The van der Waals surface area contributed by atoms with Crippen molar-refractivity contribution >= 4 is 23.1 Å². The molecule has 0 radical (unpaired) electrons. The number of Topliss-reactive ketones (excluding diaryl/α,β-unsaturated/α-hetero) is 1. The van der Waals surface area contributed by atoms with E-state index in [1.54, 1.807) is 12.1 Å². The van der Waals surface area contributed by atoms with Gasteiger partial charge in [-0.3, -0.25) is 14.9 Å². The summed E-state index contributed by atoms with van der Waals surface area (Å²) >= 11 is 5.91. The van der Waals surface area contributed by atoms with E-state index >= 15 is 0 Å². The van der Waals surface area contributed by atoms with Crippen LogP contribution in [0.25, 0.3) is 0 Å². The summed E-state index contributed by atoms with van der Waals surface area (Å²) in [5, 5.41) is 11.0. The monoisotopic (exact) mass is 275 g/mol. The molecule has 0 aliphatic rings. The molecule has 0 aromatic heterocycles. The second-order valence-corrected chi connectivity index (χ2v) is 4.38. The van der Waals surface area contributed by atoms with E-state index in [1.165, 1.54) is 18.2 Å². The van der Waals surface area contributed by atoms with Crippen molar-refractivity contribution in [3.8, 4) is 0 Å². The van der Waals surface area contributed by atoms with Crippen LogP contribution < -0.4 is 0 Å². The Hall–Kier alpha value is -2.20. The fourth-order valence-corrected chi connectivity index (χ4v) is 2.09. The van der Waals surface area contributed by atoms with Crippen molar-refractivity contribution in [2.75, 3.05) is 0 Å². The number of ketones is 1. The minimum absolute atomic E-state index is 0.0296. The number of halogens is 1. The molecule has 5 heteroatoms. The Morgan fingerprint density at radius 1 is 1.11 bits per heavy atom. The lowest BCUT2D eigenvalue weighted by molar-refractivity contribution is -0.385. The van der Waals surface area contributed by atoms with Gasteiger partial charge < -0.3 is 0 Å². The van der Waals surface area contributed by atoms with Gasteiger partial charge in [0.25, 0.3) is 5.69 Å². The molecule has 0 spiro atoms. The summed E-state index contributed by atoms with van der Waals surface area (Å²) in [4.78, 5) is 22.5. The van der Waals surface area contributed by atoms with Gasteiger partial charge in [-0.15, -0.1) is 0 Å². The van der Waals surface area contributed by atoms with Crippen molar-refractivity contribution in [3.05, 3.63) is 74.8 Å². The van der Waals surface area contributed by atoms with Crippen LogP contribution in [0.4, 0.5) is 5.69 Å². The average molecular weight is 276 g/mol. The van der Waals surface area contributed by atoms with E-state index in [9.17, 15) is 14.9 Å². The molecule has 0 aliphatic heterocycles. The number of nitro groups is 1. The number of nitrogens with zero attached hydrogens (tertiary/aromatic N) is 1. The van der Waals surface area contributed by atoms with Crippen LogP contribution in [0.2, 0.25) is 5.02 Å². The molecule has 0 saturated heterocycles. The standard InChI is InChI=1S/C14H10ClNO3/c15-11-7-4-8-12(16(18)19)14(11)13(17)9-10-5-2-1-3-6-10/h1-8H,9H2. The lowest BCUT2D eigenvalue weighted by Crippen LogP contribution is -2.07. The van der Waals surface area contributed by atoms with Gasteiger partial charge in [0.15, 0.2) is 5.78 Å². The van der Waals surface area contributed by atoms with Crippen molar-refractivity contribution in [2.45, 2.75) is 6.42 Å². The van der Waals surface area contributed by atoms with Gasteiger partial charge >= 0.3 is 0 Å². The molecule has 2 rings (SSSR count). The van der Waals surface area contributed by atoms with E-state index < -0.39 is 4.92 Å². The summed E-state index contributed by atoms with van der Waals surface area (Å²) in [5.41, 5.74) is 0.508. The van der Waals surface area contributed by atoms with Gasteiger partial charge in [0.1, 0.15) is 5.56 Å². The first-order valence-corrected chi connectivity index (χ1v) is 5.97. The smallest absolute Gasteiger partial charge is 0.281 e. The fraction of sp³-hybridized carbons (Fsp3) is 0.0714. The Labute approximate surface area is 114 Å². The number of hydrogen-bond donors (Lipinski definition) is 0. The summed E-state index contributed by atoms with van der Waals surface area (Å²) in [6.07, 6.45) is 0.0887. The summed E-state index contributed by atoms with van der Waals surface area (Å²) in [6, 6.07) is 13.3. The van der Waals surface area contributed by atoms with E-state index in [0.717, 1.165) is 5.56 Å². The fourth-order valence-electron chi connectivity index (χ4n) is 1.81. The maximum Gasteiger partial charge on any atom is 0.281 e. The molecule has 0 fully saturated rings. The highest BCUT2D eigenvalue weighted by Gasteiger charge is 2.22. The van der Waals surface area contributed by atoms with Gasteiger partial charge in [0, 0.05) is 12.5 Å². The maximum absolute atomic E-state index is 12.2. The third-order valence-electron chi connectivity index (χ3n) is 2.67. The summed E-state index contributed by atoms with van der Waals surface area (Å²) in [5.74, 6) is -0.358. The molecule has 4 nitrogen and oxygen atoms in total. The van der Waals surface area contributed by atoms with E-state index in [-0.39, 0.29) is 28.5 Å². The Bertz CT molecular complexity index is 626. The SMILES string of the molecule is O=C(Cc1ccccc1)c1c(Cl)cccc1[N+](=O)[O-]. The Morgan fingerprint density at radius 2 is 1.79 bits per heavy atom. The molecule has 0 atom stereocenters. The van der Waals surface area contributed by atoms with Crippen LogP contribution in [0.1, 0.15) is 15.9 Å². The molecule has 19 heavy (non-hydrogen) atoms. The predicted molar refractivity (Wildman–Crippen MR) is 72.6 cm³/mol. The summed E-state index contributed by atoms with van der Waals surface area (Å²) in [7, 11) is 0. The number of hydrogen-bond acceptors (Lipinski definition) is 3. The van der Waals surface area contributed by atoms with Crippen molar-refractivity contribution in [3.63, 3.8) is 0 Å². The zero-order valence-electron chi connectivity index (χ0n) is 9.88. The van der Waals surface area contributed by atoms with Crippen molar-refractivity contribution in [1.82, 2.24) is 0 Å². The molecule has 0 amide bonds. The second-order valence-electron chi connectivity index (χ2n) is 3.98. The Balaban J connectivity index is 2.36. The van der Waals surface area contributed by atoms with Gasteiger partial charge in [-0.1, -0.05) is 48.0 Å². The molecule has 0 N–H and O–H groups in total. The van der Waals surface area contributed by atoms with Crippen LogP contribution in [-0.4, -0.2) is 10.7 Å². The molecule has 2 aromatic carbocycles. The molecule has 0 saturated carbocycles. The van der Waals surface area contributed by atoms with Crippen LogP contribution in [0.3, 0.4) is 0 Å². The van der Waals surface area contributed by atoms with Gasteiger partial charge in [-0.05, 0) is 11.6 Å². The van der Waals surface area contributed by atoms with Crippen molar-refractivity contribution in [2.24, 2.45) is 0 Å². The first-order valence-electron chi connectivity index (χ1n) is 5.59. The average Bonchev–Trinajstić information content (AvgIpc) is 2.39. The lowest BCUT2D eigenvalue weighted by Gasteiger charge is -2.04. The zero-order valence-corrected chi connectivity index (χ0v) is 10.6. The third-order valence-corrected chi connectivity index (χ3v) is 2.99. The molecule has 0 bridgehead atoms. The molecule has 0 aliphatic carbocycles. The molecular weight excluding hydrogens is 266 g/mol. The normalized spacial score (nSPS) is 10.2. The van der Waals surface area contributed by atoms with Crippen LogP contribution in [-0.2, 0) is 6.42 Å². The first kappa shape index (κ1) is 13.2. The van der Waals surface area contributed by atoms with Gasteiger partial charge in [-0.25, -0.2) is 0 Å². The molecule has 96 valence electrons. The largest absolute Gasteiger partial charge is 0.293 e. The maximum atomic E-state index is 12.2. The first-order chi connectivity index (χ1) is 9.09. The number of benzene rings is 2. The van der Waals surface area contributed by atoms with Crippen LogP contribution >= 0.6 is 11.6 Å². The zero-order chi connectivity index (χ0) is 13.8. The molecule has 2 aromatic rings. The van der Waals surface area contributed by atoms with E-state index in [4.69, 9.17) is 11.6 Å². The minimum atomic E-state index is -0.593. The van der Waals surface area contributed by atoms with Crippen molar-refractivity contribution < 1.29 is 9.72 Å². The Kier molecular flexibility index (Phi) is 3.92. The number of carbonyl (C=O) groups excluding carboxylic acids is 1. The van der Waals surface area contributed by atoms with Gasteiger partial charge in [-0.2, -0.15) is 0 Å². The summed E-state index contributed by atoms with van der Waals surface area (Å²) in [6.45, 7) is 0. The highest BCUT2D eigenvalue weighted by molar-refractivity contribution is 6.34. The molecule has 0 unspecified atom stereocenters. The number of nitro benzene ring substituents is 1. The highest BCUT2D eigenvalue weighted by atomic mass is 35.5. The quantitative estimate of drug-likeness (QED) is 0.486. The third kappa shape index (κ3) is 2.98.